The molecular weight excluding hydrogens is 188 g/mol. The minimum atomic E-state index is -2.66. The zero-order valence-corrected chi connectivity index (χ0v) is 6.55. The molecule has 0 N–H and O–H groups in total. The molecule has 5 heteroatoms. The van der Waals surface area contributed by atoms with Gasteiger partial charge in [-0.15, -0.1) is 0 Å². The molecule has 0 bridgehead atoms. The van der Waals surface area contributed by atoms with Crippen LogP contribution < -0.4 is 0 Å². The highest BCUT2D eigenvalue weighted by Gasteiger charge is 2.10. The number of carbonyl (C=O) groups excluding carboxylic acids is 1. The van der Waals surface area contributed by atoms with Crippen molar-refractivity contribution >= 4 is 17.9 Å². The molecule has 1 rings (SSSR count). The van der Waals surface area contributed by atoms with Crippen molar-refractivity contribution in [3.8, 4) is 0 Å². The first-order valence-electron chi connectivity index (χ1n) is 3.05. The predicted molar refractivity (Wildman–Crippen MR) is 39.6 cm³/mol. The van der Waals surface area contributed by atoms with Gasteiger partial charge in [0, 0.05) is 0 Å². The lowest BCUT2D eigenvalue weighted by Crippen LogP contribution is -1.93. The van der Waals surface area contributed by atoms with Gasteiger partial charge in [0.25, 0.3) is 6.43 Å². The van der Waals surface area contributed by atoms with Crippen molar-refractivity contribution < 1.29 is 13.6 Å². The molecule has 0 aromatic carbocycles. The fraction of sp³-hybridized carbons (Fsp3) is 0.143. The molecule has 0 fully saturated rings. The van der Waals surface area contributed by atoms with E-state index in [9.17, 15) is 13.6 Å². The Morgan fingerprint density at radius 2 is 2.17 bits per heavy atom. The van der Waals surface area contributed by atoms with Gasteiger partial charge in [0.05, 0.1) is 5.56 Å². The van der Waals surface area contributed by atoms with E-state index in [-0.39, 0.29) is 10.7 Å². The Bertz CT molecular complexity index is 303. The van der Waals surface area contributed by atoms with Gasteiger partial charge in [-0.2, -0.15) is 0 Å². The highest BCUT2D eigenvalue weighted by molar-refractivity contribution is 6.31. The van der Waals surface area contributed by atoms with Crippen molar-refractivity contribution in [2.24, 2.45) is 0 Å². The van der Waals surface area contributed by atoms with E-state index in [0.29, 0.717) is 6.29 Å². The summed E-state index contributed by atoms with van der Waals surface area (Å²) < 4.78 is 23.9. The van der Waals surface area contributed by atoms with E-state index in [4.69, 9.17) is 11.6 Å². The Morgan fingerprint density at radius 3 is 2.58 bits per heavy atom. The first kappa shape index (κ1) is 9.06. The molecule has 1 aromatic heterocycles. The zero-order valence-electron chi connectivity index (χ0n) is 5.80. The van der Waals surface area contributed by atoms with Crippen LogP contribution in [-0.4, -0.2) is 11.3 Å². The number of rotatable bonds is 2. The van der Waals surface area contributed by atoms with Crippen LogP contribution in [0.15, 0.2) is 12.1 Å². The molecule has 0 atom stereocenters. The lowest BCUT2D eigenvalue weighted by atomic mass is 10.3. The standard InChI is InChI=1S/C7H4ClF2NO/c8-6-4(3-12)1-2-5(11-6)7(9)10/h1-3,7H. The van der Waals surface area contributed by atoms with E-state index >= 15 is 0 Å². The Labute approximate surface area is 72.2 Å². The van der Waals surface area contributed by atoms with Crippen molar-refractivity contribution in [2.75, 3.05) is 0 Å². The maximum Gasteiger partial charge on any atom is 0.280 e. The molecule has 0 aliphatic heterocycles. The number of alkyl halides is 2. The first-order chi connectivity index (χ1) is 5.65. The van der Waals surface area contributed by atoms with Gasteiger partial charge in [-0.1, -0.05) is 11.6 Å². The molecule has 1 heterocycles. The van der Waals surface area contributed by atoms with Gasteiger partial charge in [0.1, 0.15) is 10.8 Å². The molecular formula is C7H4ClF2NO. The van der Waals surface area contributed by atoms with Crippen molar-refractivity contribution in [1.29, 1.82) is 0 Å². The van der Waals surface area contributed by atoms with Crippen LogP contribution in [0.1, 0.15) is 22.5 Å². The summed E-state index contributed by atoms with van der Waals surface area (Å²) in [4.78, 5) is 13.5. The fourth-order valence-electron chi connectivity index (χ4n) is 0.669. The number of hydrogen-bond acceptors (Lipinski definition) is 2. The van der Waals surface area contributed by atoms with Crippen molar-refractivity contribution in [1.82, 2.24) is 4.98 Å². The molecule has 64 valence electrons. The Morgan fingerprint density at radius 1 is 1.50 bits per heavy atom. The van der Waals surface area contributed by atoms with Crippen LogP contribution in [0.4, 0.5) is 8.78 Å². The minimum Gasteiger partial charge on any atom is -0.298 e. The normalized spacial score (nSPS) is 10.3. The van der Waals surface area contributed by atoms with Crippen molar-refractivity contribution in [3.63, 3.8) is 0 Å². The van der Waals surface area contributed by atoms with E-state index < -0.39 is 12.1 Å². The second-order valence-electron chi connectivity index (χ2n) is 2.03. The molecule has 0 aliphatic carbocycles. The summed E-state index contributed by atoms with van der Waals surface area (Å²) >= 11 is 5.40. The predicted octanol–water partition coefficient (Wildman–Crippen LogP) is 2.49. The number of carbonyl (C=O) groups is 1. The third-order valence-corrected chi connectivity index (χ3v) is 1.55. The van der Waals surface area contributed by atoms with Gasteiger partial charge in [-0.3, -0.25) is 4.79 Å². The molecule has 0 saturated carbocycles. The Hall–Kier alpha value is -1.03. The fourth-order valence-corrected chi connectivity index (χ4v) is 0.874. The summed E-state index contributed by atoms with van der Waals surface area (Å²) in [7, 11) is 0. The molecule has 0 radical (unpaired) electrons. The Balaban J connectivity index is 3.10. The number of aromatic nitrogens is 1. The summed E-state index contributed by atoms with van der Waals surface area (Å²) in [6.45, 7) is 0. The van der Waals surface area contributed by atoms with Crippen LogP contribution in [0.25, 0.3) is 0 Å². The highest BCUT2D eigenvalue weighted by Crippen LogP contribution is 2.19. The van der Waals surface area contributed by atoms with E-state index in [1.54, 1.807) is 0 Å². The first-order valence-corrected chi connectivity index (χ1v) is 3.42. The van der Waals surface area contributed by atoms with E-state index in [2.05, 4.69) is 4.98 Å². The van der Waals surface area contributed by atoms with Crippen LogP contribution >= 0.6 is 11.6 Å². The zero-order chi connectivity index (χ0) is 9.14. The molecule has 0 unspecified atom stereocenters. The van der Waals surface area contributed by atoms with Crippen LogP contribution in [0, 0.1) is 0 Å². The average Bonchev–Trinajstić information content (AvgIpc) is 2.04. The van der Waals surface area contributed by atoms with Gasteiger partial charge in [0.15, 0.2) is 6.29 Å². The van der Waals surface area contributed by atoms with E-state index in [0.717, 1.165) is 6.07 Å². The minimum absolute atomic E-state index is 0.112. The monoisotopic (exact) mass is 191 g/mol. The average molecular weight is 192 g/mol. The van der Waals surface area contributed by atoms with Crippen molar-refractivity contribution in [3.05, 3.63) is 28.5 Å². The van der Waals surface area contributed by atoms with Gasteiger partial charge < -0.3 is 0 Å². The smallest absolute Gasteiger partial charge is 0.280 e. The highest BCUT2D eigenvalue weighted by atomic mass is 35.5. The lowest BCUT2D eigenvalue weighted by molar-refractivity contribution is 0.112. The number of aldehydes is 1. The number of nitrogens with zero attached hydrogens (tertiary/aromatic N) is 1. The molecule has 12 heavy (non-hydrogen) atoms. The topological polar surface area (TPSA) is 30.0 Å². The SMILES string of the molecule is O=Cc1ccc(C(F)F)nc1Cl. The van der Waals surface area contributed by atoms with E-state index in [1.165, 1.54) is 6.07 Å². The van der Waals surface area contributed by atoms with Crippen LogP contribution in [0.3, 0.4) is 0 Å². The number of hydrogen-bond donors (Lipinski definition) is 0. The third-order valence-electron chi connectivity index (χ3n) is 1.25. The van der Waals surface area contributed by atoms with Crippen LogP contribution in [0.5, 0.6) is 0 Å². The van der Waals surface area contributed by atoms with E-state index in [1.807, 2.05) is 0 Å². The molecule has 0 amide bonds. The van der Waals surface area contributed by atoms with Crippen LogP contribution in [0.2, 0.25) is 5.15 Å². The second-order valence-corrected chi connectivity index (χ2v) is 2.39. The largest absolute Gasteiger partial charge is 0.298 e. The van der Waals surface area contributed by atoms with Gasteiger partial charge in [0.2, 0.25) is 0 Å². The summed E-state index contributed by atoms with van der Waals surface area (Å²) in [6, 6.07) is 2.28. The maximum atomic E-state index is 12.0. The number of halogens is 3. The summed E-state index contributed by atoms with van der Waals surface area (Å²) in [6.07, 6.45) is -2.20. The van der Waals surface area contributed by atoms with Crippen LogP contribution in [-0.2, 0) is 0 Å². The second kappa shape index (κ2) is 3.58. The van der Waals surface area contributed by atoms with Crippen molar-refractivity contribution in [2.45, 2.75) is 6.43 Å². The quantitative estimate of drug-likeness (QED) is 0.531. The van der Waals surface area contributed by atoms with Gasteiger partial charge in [-0.05, 0) is 12.1 Å². The summed E-state index contributed by atoms with van der Waals surface area (Å²) in [5.74, 6) is 0. The molecule has 0 aliphatic rings. The molecule has 0 saturated heterocycles. The lowest BCUT2D eigenvalue weighted by Gasteiger charge is -1.99. The third kappa shape index (κ3) is 1.76. The molecule has 1 aromatic rings. The molecule has 0 spiro atoms. The molecule has 2 nitrogen and oxygen atoms in total. The summed E-state index contributed by atoms with van der Waals surface area (Å²) in [5, 5.41) is -0.192. The number of pyridine rings is 1. The summed E-state index contributed by atoms with van der Waals surface area (Å²) in [5.41, 5.74) is -0.313. The Kier molecular flexibility index (Phi) is 2.70. The van der Waals surface area contributed by atoms with Gasteiger partial charge in [-0.25, -0.2) is 13.8 Å². The van der Waals surface area contributed by atoms with Gasteiger partial charge >= 0.3 is 0 Å². The maximum absolute atomic E-state index is 12.0.